The minimum atomic E-state index is -1.29. The first-order valence-electron chi connectivity index (χ1n) is 5.85. The normalized spacial score (nSPS) is 31.9. The maximum absolute atomic E-state index is 11.8. The third kappa shape index (κ3) is 2.87. The number of rotatable bonds is 2. The molecule has 0 aromatic heterocycles. The van der Waals surface area contributed by atoms with Gasteiger partial charge in [-0.15, -0.1) is 0 Å². The number of hydrogen-bond donors (Lipinski definition) is 2. The van der Waals surface area contributed by atoms with Gasteiger partial charge < -0.3 is 19.7 Å². The number of aliphatic hydroxyl groups is 2. The number of aliphatic hydroxyl groups excluding tert-OH is 2. The molecule has 0 unspecified atom stereocenters. The summed E-state index contributed by atoms with van der Waals surface area (Å²) in [6.45, 7) is 1.74. The Labute approximate surface area is 105 Å². The zero-order chi connectivity index (χ0) is 13.1. The van der Waals surface area contributed by atoms with Crippen LogP contribution in [-0.4, -0.2) is 40.8 Å². The fourth-order valence-electron chi connectivity index (χ4n) is 1.94. The summed E-state index contributed by atoms with van der Waals surface area (Å²) < 4.78 is 10.2. The van der Waals surface area contributed by atoms with E-state index >= 15 is 0 Å². The molecule has 0 saturated carbocycles. The highest BCUT2D eigenvalue weighted by molar-refractivity contribution is 5.89. The van der Waals surface area contributed by atoms with Gasteiger partial charge >= 0.3 is 5.97 Å². The standard InChI is InChI=1S/C13H16O5/c1-8-7-10(14)11(13(16)17-8)18-12(15)9-5-3-2-4-6-9/h2-6,8,10-11,13-14,16H,7H2,1H3/t8-,10-,11-,13+/m1/s1. The van der Waals surface area contributed by atoms with Gasteiger partial charge in [-0.2, -0.15) is 0 Å². The summed E-state index contributed by atoms with van der Waals surface area (Å²) >= 11 is 0. The van der Waals surface area contributed by atoms with Crippen molar-refractivity contribution in [2.24, 2.45) is 0 Å². The lowest BCUT2D eigenvalue weighted by Gasteiger charge is -2.35. The van der Waals surface area contributed by atoms with Gasteiger partial charge in [0, 0.05) is 6.42 Å². The molecular weight excluding hydrogens is 236 g/mol. The van der Waals surface area contributed by atoms with E-state index < -0.39 is 24.5 Å². The summed E-state index contributed by atoms with van der Waals surface area (Å²) in [7, 11) is 0. The van der Waals surface area contributed by atoms with Crippen molar-refractivity contribution in [3.05, 3.63) is 35.9 Å². The van der Waals surface area contributed by atoms with Gasteiger partial charge in [0.05, 0.1) is 17.8 Å². The highest BCUT2D eigenvalue weighted by Crippen LogP contribution is 2.22. The lowest BCUT2D eigenvalue weighted by molar-refractivity contribution is -0.242. The highest BCUT2D eigenvalue weighted by Gasteiger charge is 2.38. The number of ether oxygens (including phenoxy) is 2. The Morgan fingerprint density at radius 3 is 2.61 bits per heavy atom. The molecule has 1 saturated heterocycles. The number of carbonyl (C=O) groups is 1. The van der Waals surface area contributed by atoms with Crippen LogP contribution in [0.2, 0.25) is 0 Å². The van der Waals surface area contributed by atoms with Crippen LogP contribution in [0, 0.1) is 0 Å². The van der Waals surface area contributed by atoms with Gasteiger partial charge in [-0.1, -0.05) is 18.2 Å². The number of carbonyl (C=O) groups excluding carboxylic acids is 1. The molecule has 0 amide bonds. The quantitative estimate of drug-likeness (QED) is 0.758. The molecule has 0 bridgehead atoms. The molecule has 4 atom stereocenters. The van der Waals surface area contributed by atoms with E-state index in [2.05, 4.69) is 0 Å². The first-order valence-corrected chi connectivity index (χ1v) is 5.85. The average Bonchev–Trinajstić information content (AvgIpc) is 2.34. The molecule has 1 aromatic carbocycles. The summed E-state index contributed by atoms with van der Waals surface area (Å²) in [5.74, 6) is -0.586. The van der Waals surface area contributed by atoms with E-state index in [1.807, 2.05) is 0 Å². The molecule has 5 nitrogen and oxygen atoms in total. The van der Waals surface area contributed by atoms with Gasteiger partial charge in [0.2, 0.25) is 0 Å². The molecule has 2 rings (SSSR count). The van der Waals surface area contributed by atoms with Crippen molar-refractivity contribution < 1.29 is 24.5 Å². The summed E-state index contributed by atoms with van der Waals surface area (Å²) in [5, 5.41) is 19.4. The zero-order valence-electron chi connectivity index (χ0n) is 10.0. The van der Waals surface area contributed by atoms with Crippen LogP contribution in [0.1, 0.15) is 23.7 Å². The van der Waals surface area contributed by atoms with E-state index in [4.69, 9.17) is 9.47 Å². The van der Waals surface area contributed by atoms with Gasteiger partial charge in [0.25, 0.3) is 0 Å². The molecule has 1 aliphatic heterocycles. The Bertz CT molecular complexity index is 393. The smallest absolute Gasteiger partial charge is 0.338 e. The van der Waals surface area contributed by atoms with Gasteiger partial charge in [-0.25, -0.2) is 4.79 Å². The monoisotopic (exact) mass is 252 g/mol. The second kappa shape index (κ2) is 5.48. The van der Waals surface area contributed by atoms with E-state index in [9.17, 15) is 15.0 Å². The third-order valence-electron chi connectivity index (χ3n) is 2.86. The minimum absolute atomic E-state index is 0.262. The molecule has 0 radical (unpaired) electrons. The SMILES string of the molecule is C[C@@H]1C[C@@H](O)[C@@H](OC(=O)c2ccccc2)[C@@H](O)O1. The predicted molar refractivity (Wildman–Crippen MR) is 62.8 cm³/mol. The van der Waals surface area contributed by atoms with Crippen LogP contribution in [-0.2, 0) is 9.47 Å². The van der Waals surface area contributed by atoms with Crippen molar-refractivity contribution >= 4 is 5.97 Å². The lowest BCUT2D eigenvalue weighted by atomic mass is 10.0. The fraction of sp³-hybridized carbons (Fsp3) is 0.462. The summed E-state index contributed by atoms with van der Waals surface area (Å²) in [5.41, 5.74) is 0.371. The average molecular weight is 252 g/mol. The van der Waals surface area contributed by atoms with Crippen LogP contribution in [0.3, 0.4) is 0 Å². The van der Waals surface area contributed by atoms with E-state index in [1.165, 1.54) is 0 Å². The second-order valence-electron chi connectivity index (χ2n) is 4.38. The molecule has 1 aromatic rings. The Morgan fingerprint density at radius 2 is 2.00 bits per heavy atom. The van der Waals surface area contributed by atoms with Crippen LogP contribution in [0.15, 0.2) is 30.3 Å². The van der Waals surface area contributed by atoms with Crippen LogP contribution < -0.4 is 0 Å². The van der Waals surface area contributed by atoms with Crippen molar-refractivity contribution in [3.63, 3.8) is 0 Å². The van der Waals surface area contributed by atoms with Gasteiger partial charge in [0.1, 0.15) is 0 Å². The van der Waals surface area contributed by atoms with Crippen molar-refractivity contribution in [1.29, 1.82) is 0 Å². The maximum atomic E-state index is 11.8. The second-order valence-corrected chi connectivity index (χ2v) is 4.38. The first-order chi connectivity index (χ1) is 8.58. The van der Waals surface area contributed by atoms with Gasteiger partial charge in [-0.3, -0.25) is 0 Å². The molecule has 0 aliphatic carbocycles. The number of hydrogen-bond acceptors (Lipinski definition) is 5. The molecule has 1 aliphatic rings. The number of benzene rings is 1. The predicted octanol–water partition coefficient (Wildman–Crippen LogP) is 0.700. The van der Waals surface area contributed by atoms with E-state index in [1.54, 1.807) is 37.3 Å². The molecule has 1 fully saturated rings. The largest absolute Gasteiger partial charge is 0.451 e. The maximum Gasteiger partial charge on any atom is 0.338 e. The third-order valence-corrected chi connectivity index (χ3v) is 2.86. The Balaban J connectivity index is 2.03. The zero-order valence-corrected chi connectivity index (χ0v) is 10.0. The molecule has 2 N–H and O–H groups in total. The van der Waals surface area contributed by atoms with E-state index in [0.717, 1.165) is 0 Å². The van der Waals surface area contributed by atoms with Gasteiger partial charge in [0.15, 0.2) is 12.4 Å². The summed E-state index contributed by atoms with van der Waals surface area (Å²) in [6, 6.07) is 8.42. The van der Waals surface area contributed by atoms with Crippen molar-refractivity contribution in [2.45, 2.75) is 37.9 Å². The topological polar surface area (TPSA) is 76.0 Å². The van der Waals surface area contributed by atoms with Crippen molar-refractivity contribution in [2.75, 3.05) is 0 Å². The van der Waals surface area contributed by atoms with Crippen LogP contribution in [0.25, 0.3) is 0 Å². The Hall–Kier alpha value is -1.43. The highest BCUT2D eigenvalue weighted by atomic mass is 16.7. The lowest BCUT2D eigenvalue weighted by Crippen LogP contribution is -2.49. The molecule has 1 heterocycles. The van der Waals surface area contributed by atoms with Crippen molar-refractivity contribution in [1.82, 2.24) is 0 Å². The Kier molecular flexibility index (Phi) is 3.96. The first kappa shape index (κ1) is 13.0. The van der Waals surface area contributed by atoms with Crippen LogP contribution in [0.5, 0.6) is 0 Å². The van der Waals surface area contributed by atoms with E-state index in [0.29, 0.717) is 12.0 Å². The summed E-state index contributed by atoms with van der Waals surface area (Å²) in [6.07, 6.45) is -3.20. The van der Waals surface area contributed by atoms with Crippen LogP contribution in [0.4, 0.5) is 0 Å². The van der Waals surface area contributed by atoms with Crippen molar-refractivity contribution in [3.8, 4) is 0 Å². The fourth-order valence-corrected chi connectivity index (χ4v) is 1.94. The molecular formula is C13H16O5. The van der Waals surface area contributed by atoms with Crippen LogP contribution >= 0.6 is 0 Å². The summed E-state index contributed by atoms with van der Waals surface area (Å²) in [4.78, 5) is 11.8. The minimum Gasteiger partial charge on any atom is -0.451 e. The number of esters is 1. The van der Waals surface area contributed by atoms with E-state index in [-0.39, 0.29) is 6.10 Å². The Morgan fingerprint density at radius 1 is 1.33 bits per heavy atom. The molecule has 5 heteroatoms. The molecule has 18 heavy (non-hydrogen) atoms. The molecule has 98 valence electrons. The van der Waals surface area contributed by atoms with Gasteiger partial charge in [-0.05, 0) is 19.1 Å². The molecule has 0 spiro atoms.